The molecule has 114 valence electrons. The molecule has 1 aliphatic carbocycles. The fraction of sp³-hybridized carbons (Fsp3) is 0.588. The molecule has 0 radical (unpaired) electrons. The van der Waals surface area contributed by atoms with E-state index in [1.165, 1.54) is 5.56 Å². The van der Waals surface area contributed by atoms with E-state index >= 15 is 0 Å². The van der Waals surface area contributed by atoms with E-state index in [1.54, 1.807) is 0 Å². The average molecular weight is 351 g/mol. The molecule has 1 unspecified atom stereocenters. The molecule has 1 saturated heterocycles. The summed E-state index contributed by atoms with van der Waals surface area (Å²) >= 11 is 3.60. The number of amides is 1. The molecule has 1 aromatic carbocycles. The molecule has 3 nitrogen and oxygen atoms in total. The van der Waals surface area contributed by atoms with Crippen LogP contribution in [0, 0.1) is 0 Å². The highest BCUT2D eigenvalue weighted by molar-refractivity contribution is 9.10. The quantitative estimate of drug-likeness (QED) is 0.881. The minimum Gasteiger partial charge on any atom is -0.334 e. The van der Waals surface area contributed by atoms with Gasteiger partial charge in [-0.25, -0.2) is 0 Å². The number of halogens is 1. The van der Waals surface area contributed by atoms with Gasteiger partial charge in [-0.15, -0.1) is 0 Å². The number of benzene rings is 1. The van der Waals surface area contributed by atoms with Gasteiger partial charge in [-0.3, -0.25) is 4.79 Å². The number of carbonyl (C=O) groups is 1. The molecule has 0 bridgehead atoms. The molecule has 0 spiro atoms. The number of nitrogens with zero attached hydrogens (tertiary/aromatic N) is 1. The third kappa shape index (κ3) is 3.02. The summed E-state index contributed by atoms with van der Waals surface area (Å²) in [5, 5.41) is 3.48. The topological polar surface area (TPSA) is 32.3 Å². The third-order valence-electron chi connectivity index (χ3n) is 4.80. The summed E-state index contributed by atoms with van der Waals surface area (Å²) in [5.41, 5.74) is 0.881. The fourth-order valence-corrected chi connectivity index (χ4v) is 3.69. The minimum atomic E-state index is -0.316. The van der Waals surface area contributed by atoms with Crippen molar-refractivity contribution in [3.05, 3.63) is 34.3 Å². The van der Waals surface area contributed by atoms with Gasteiger partial charge in [0.15, 0.2) is 0 Å². The van der Waals surface area contributed by atoms with Gasteiger partial charge >= 0.3 is 0 Å². The molecule has 1 amide bonds. The van der Waals surface area contributed by atoms with Crippen molar-refractivity contribution in [3.8, 4) is 0 Å². The van der Waals surface area contributed by atoms with Crippen molar-refractivity contribution < 1.29 is 4.79 Å². The Morgan fingerprint density at radius 1 is 1.43 bits per heavy atom. The Hall–Kier alpha value is -0.870. The second-order valence-electron chi connectivity index (χ2n) is 6.22. The molecule has 1 atom stereocenters. The molecule has 1 aliphatic heterocycles. The van der Waals surface area contributed by atoms with Gasteiger partial charge in [0, 0.05) is 17.1 Å². The van der Waals surface area contributed by atoms with Crippen LogP contribution in [0.2, 0.25) is 0 Å². The second kappa shape index (κ2) is 6.09. The molecule has 1 saturated carbocycles. The normalized spacial score (nSPS) is 25.0. The molecule has 1 aromatic rings. The molecule has 2 fully saturated rings. The minimum absolute atomic E-state index is 0.306. The lowest BCUT2D eigenvalue weighted by Crippen LogP contribution is -2.55. The highest BCUT2D eigenvalue weighted by Gasteiger charge is 2.45. The van der Waals surface area contributed by atoms with Gasteiger partial charge in [-0.2, -0.15) is 0 Å². The third-order valence-corrected chi connectivity index (χ3v) is 5.58. The van der Waals surface area contributed by atoms with Gasteiger partial charge in [0.1, 0.15) is 0 Å². The number of rotatable bonds is 5. The number of hydrogen-bond donors (Lipinski definition) is 1. The van der Waals surface area contributed by atoms with E-state index in [4.69, 9.17) is 0 Å². The van der Waals surface area contributed by atoms with Crippen LogP contribution in [-0.2, 0) is 11.3 Å². The smallest absolute Gasteiger partial charge is 0.243 e. The summed E-state index contributed by atoms with van der Waals surface area (Å²) in [4.78, 5) is 15.3. The summed E-state index contributed by atoms with van der Waals surface area (Å²) in [6.45, 7) is 3.81. The molecule has 3 rings (SSSR count). The summed E-state index contributed by atoms with van der Waals surface area (Å²) in [7, 11) is 0. The van der Waals surface area contributed by atoms with Gasteiger partial charge in [-0.05, 0) is 50.3 Å². The first-order chi connectivity index (χ1) is 10.2. The van der Waals surface area contributed by atoms with E-state index in [0.717, 1.165) is 43.1 Å². The molecule has 1 N–H and O–H groups in total. The Kier molecular flexibility index (Phi) is 4.36. The van der Waals surface area contributed by atoms with E-state index in [-0.39, 0.29) is 5.54 Å². The van der Waals surface area contributed by atoms with Crippen LogP contribution in [0.25, 0.3) is 0 Å². The number of hydrogen-bond acceptors (Lipinski definition) is 2. The van der Waals surface area contributed by atoms with Crippen molar-refractivity contribution in [1.29, 1.82) is 0 Å². The Balaban J connectivity index is 1.81. The highest BCUT2D eigenvalue weighted by atomic mass is 79.9. The van der Waals surface area contributed by atoms with Crippen LogP contribution in [0.3, 0.4) is 0 Å². The first-order valence-electron chi connectivity index (χ1n) is 7.96. The first kappa shape index (κ1) is 15.0. The zero-order valence-electron chi connectivity index (χ0n) is 12.6. The van der Waals surface area contributed by atoms with Gasteiger partial charge < -0.3 is 10.2 Å². The summed E-state index contributed by atoms with van der Waals surface area (Å²) in [6, 6.07) is 8.65. The Morgan fingerprint density at radius 2 is 2.19 bits per heavy atom. The molecule has 21 heavy (non-hydrogen) atoms. The maximum absolute atomic E-state index is 13.1. The van der Waals surface area contributed by atoms with Crippen LogP contribution in [-0.4, -0.2) is 28.9 Å². The number of nitrogens with one attached hydrogen (secondary N) is 1. The van der Waals surface area contributed by atoms with Crippen molar-refractivity contribution >= 4 is 21.8 Å². The predicted octanol–water partition coefficient (Wildman–Crippen LogP) is 3.47. The van der Waals surface area contributed by atoms with Crippen LogP contribution in [0.1, 0.15) is 44.6 Å². The van der Waals surface area contributed by atoms with Gasteiger partial charge in [-0.1, -0.05) is 41.1 Å². The lowest BCUT2D eigenvalue weighted by Gasteiger charge is -2.34. The van der Waals surface area contributed by atoms with Crippen LogP contribution < -0.4 is 5.32 Å². The summed E-state index contributed by atoms with van der Waals surface area (Å²) in [6.07, 6.45) is 5.26. The molecule has 2 aliphatic rings. The van der Waals surface area contributed by atoms with Crippen LogP contribution in [0.15, 0.2) is 28.7 Å². The standard InChI is InChI=1S/C17H23BrN2O/c1-2-17(10-5-11-19-17)16(21)20(14-8-9-14)12-13-6-3-4-7-15(13)18/h3-4,6-7,14,19H,2,5,8-12H2,1H3. The number of carbonyl (C=O) groups excluding carboxylic acids is 1. The largest absolute Gasteiger partial charge is 0.334 e. The van der Waals surface area contributed by atoms with Gasteiger partial charge in [0.2, 0.25) is 5.91 Å². The Morgan fingerprint density at radius 3 is 2.76 bits per heavy atom. The zero-order chi connectivity index (χ0) is 14.9. The highest BCUT2D eigenvalue weighted by Crippen LogP contribution is 2.34. The Labute approximate surface area is 135 Å². The molecule has 4 heteroatoms. The average Bonchev–Trinajstić information content (AvgIpc) is 3.22. The van der Waals surface area contributed by atoms with Gasteiger partial charge in [0.05, 0.1) is 5.54 Å². The van der Waals surface area contributed by atoms with Crippen LogP contribution >= 0.6 is 15.9 Å². The lowest BCUT2D eigenvalue weighted by atomic mass is 9.92. The maximum Gasteiger partial charge on any atom is 0.243 e. The van der Waals surface area contributed by atoms with E-state index < -0.39 is 0 Å². The van der Waals surface area contributed by atoms with E-state index in [1.807, 2.05) is 18.2 Å². The van der Waals surface area contributed by atoms with Crippen molar-refractivity contribution in [1.82, 2.24) is 10.2 Å². The summed E-state index contributed by atoms with van der Waals surface area (Å²) in [5.74, 6) is 0.306. The second-order valence-corrected chi connectivity index (χ2v) is 7.08. The molecule has 0 aromatic heterocycles. The maximum atomic E-state index is 13.1. The lowest BCUT2D eigenvalue weighted by molar-refractivity contribution is -0.139. The van der Waals surface area contributed by atoms with Crippen molar-refractivity contribution in [2.24, 2.45) is 0 Å². The molecular weight excluding hydrogens is 328 g/mol. The zero-order valence-corrected chi connectivity index (χ0v) is 14.2. The van der Waals surface area contributed by atoms with E-state index in [9.17, 15) is 4.79 Å². The Bertz CT molecular complexity index is 521. The molecule has 1 heterocycles. The predicted molar refractivity (Wildman–Crippen MR) is 88.0 cm³/mol. The molecular formula is C17H23BrN2O. The monoisotopic (exact) mass is 350 g/mol. The van der Waals surface area contributed by atoms with E-state index in [2.05, 4.69) is 39.1 Å². The van der Waals surface area contributed by atoms with Crippen molar-refractivity contribution in [2.45, 2.75) is 57.2 Å². The SMILES string of the molecule is CCC1(C(=O)N(Cc2ccccc2Br)C2CC2)CCCN1. The van der Waals surface area contributed by atoms with Crippen LogP contribution in [0.4, 0.5) is 0 Å². The first-order valence-corrected chi connectivity index (χ1v) is 8.75. The van der Waals surface area contributed by atoms with Crippen molar-refractivity contribution in [2.75, 3.05) is 6.54 Å². The van der Waals surface area contributed by atoms with Crippen LogP contribution in [0.5, 0.6) is 0 Å². The van der Waals surface area contributed by atoms with Crippen molar-refractivity contribution in [3.63, 3.8) is 0 Å². The fourth-order valence-electron chi connectivity index (χ4n) is 3.28. The van der Waals surface area contributed by atoms with E-state index in [0.29, 0.717) is 18.5 Å². The summed E-state index contributed by atoms with van der Waals surface area (Å²) < 4.78 is 1.09. The van der Waals surface area contributed by atoms with Gasteiger partial charge in [0.25, 0.3) is 0 Å².